The van der Waals surface area contributed by atoms with Crippen LogP contribution < -0.4 is 9.47 Å². The van der Waals surface area contributed by atoms with Crippen LogP contribution in [0, 0.1) is 0 Å². The third kappa shape index (κ3) is 4.47. The first-order valence-electron chi connectivity index (χ1n) is 8.00. The molecule has 5 nitrogen and oxygen atoms in total. The summed E-state index contributed by atoms with van der Waals surface area (Å²) in [5.41, 5.74) is 2.97. The molecule has 0 saturated heterocycles. The van der Waals surface area contributed by atoms with Gasteiger partial charge in [0.2, 0.25) is 0 Å². The van der Waals surface area contributed by atoms with E-state index in [1.54, 1.807) is 26.6 Å². The summed E-state index contributed by atoms with van der Waals surface area (Å²) < 4.78 is 10.8. The number of nitrogens with zero attached hydrogens (tertiary/aromatic N) is 2. The van der Waals surface area contributed by atoms with Crippen LogP contribution in [-0.4, -0.2) is 31.5 Å². The molecule has 128 valence electrons. The second kappa shape index (κ2) is 8.91. The molecule has 0 spiro atoms. The fourth-order valence-corrected chi connectivity index (χ4v) is 2.48. The average molecular weight is 328 g/mol. The number of benzene rings is 1. The highest BCUT2D eigenvalue weighted by molar-refractivity contribution is 6.03. The Morgan fingerprint density at radius 3 is 2.50 bits per heavy atom. The maximum Gasteiger partial charge on any atom is 0.131 e. The van der Waals surface area contributed by atoms with Gasteiger partial charge in [-0.3, -0.25) is 4.98 Å². The molecule has 5 heteroatoms. The van der Waals surface area contributed by atoms with Crippen molar-refractivity contribution in [2.75, 3.05) is 20.8 Å². The molecule has 0 aliphatic heterocycles. The van der Waals surface area contributed by atoms with Gasteiger partial charge in [0.25, 0.3) is 0 Å². The second-order valence-electron chi connectivity index (χ2n) is 5.41. The summed E-state index contributed by atoms with van der Waals surface area (Å²) in [4.78, 5) is 9.40. The van der Waals surface area contributed by atoms with E-state index >= 15 is 0 Å². The molecule has 1 aromatic heterocycles. The van der Waals surface area contributed by atoms with Crippen molar-refractivity contribution in [2.24, 2.45) is 5.16 Å². The zero-order valence-corrected chi connectivity index (χ0v) is 14.7. The van der Waals surface area contributed by atoms with Crippen molar-refractivity contribution in [3.05, 3.63) is 53.9 Å². The zero-order valence-electron chi connectivity index (χ0n) is 14.7. The molecule has 1 unspecified atom stereocenters. The van der Waals surface area contributed by atoms with E-state index < -0.39 is 0 Å². The van der Waals surface area contributed by atoms with E-state index in [9.17, 15) is 0 Å². The van der Waals surface area contributed by atoms with E-state index in [1.807, 2.05) is 37.3 Å². The average Bonchev–Trinajstić information content (AvgIpc) is 2.65. The predicted molar refractivity (Wildman–Crippen MR) is 95.0 cm³/mol. The molecule has 0 radical (unpaired) electrons. The smallest absolute Gasteiger partial charge is 0.131 e. The third-order valence-corrected chi connectivity index (χ3v) is 3.80. The first kappa shape index (κ1) is 17.8. The number of hydrogen-bond donors (Lipinski definition) is 0. The minimum Gasteiger partial charge on any atom is -0.497 e. The van der Waals surface area contributed by atoms with Crippen LogP contribution in [0.3, 0.4) is 0 Å². The Balaban J connectivity index is 2.32. The molecular weight excluding hydrogens is 304 g/mol. The first-order chi connectivity index (χ1) is 11.7. The Morgan fingerprint density at radius 1 is 1.12 bits per heavy atom. The van der Waals surface area contributed by atoms with Crippen LogP contribution in [0.15, 0.2) is 47.9 Å². The third-order valence-electron chi connectivity index (χ3n) is 3.80. The van der Waals surface area contributed by atoms with Crippen molar-refractivity contribution in [3.63, 3.8) is 0 Å². The maximum absolute atomic E-state index is 5.51. The Labute approximate surface area is 143 Å². The van der Waals surface area contributed by atoms with Gasteiger partial charge < -0.3 is 14.3 Å². The summed E-state index contributed by atoms with van der Waals surface area (Å²) in [6.45, 7) is 4.59. The predicted octanol–water partition coefficient (Wildman–Crippen LogP) is 4.03. The number of methoxy groups -OCH3 is 2. The van der Waals surface area contributed by atoms with E-state index in [0.29, 0.717) is 6.61 Å². The van der Waals surface area contributed by atoms with E-state index in [0.717, 1.165) is 29.2 Å². The van der Waals surface area contributed by atoms with Crippen LogP contribution in [0.1, 0.15) is 37.3 Å². The molecule has 0 N–H and O–H groups in total. The zero-order chi connectivity index (χ0) is 17.4. The summed E-state index contributed by atoms with van der Waals surface area (Å²) in [6, 6.07) is 9.75. The van der Waals surface area contributed by atoms with Crippen LogP contribution in [0.25, 0.3) is 0 Å². The molecule has 0 bridgehead atoms. The summed E-state index contributed by atoms with van der Waals surface area (Å²) in [5.74, 6) is 1.74. The van der Waals surface area contributed by atoms with Gasteiger partial charge in [0.05, 0.1) is 19.9 Å². The van der Waals surface area contributed by atoms with Crippen molar-refractivity contribution >= 4 is 5.71 Å². The molecule has 1 aromatic carbocycles. The van der Waals surface area contributed by atoms with Crippen LogP contribution in [0.4, 0.5) is 0 Å². The highest BCUT2D eigenvalue weighted by Crippen LogP contribution is 2.29. The Hall–Kier alpha value is -2.56. The molecule has 0 amide bonds. The largest absolute Gasteiger partial charge is 0.497 e. The lowest BCUT2D eigenvalue weighted by molar-refractivity contribution is 0.158. The molecule has 1 heterocycles. The highest BCUT2D eigenvalue weighted by atomic mass is 16.6. The lowest BCUT2D eigenvalue weighted by Gasteiger charge is -2.16. The summed E-state index contributed by atoms with van der Waals surface area (Å²) in [6.07, 6.45) is 4.34. The van der Waals surface area contributed by atoms with E-state index in [-0.39, 0.29) is 5.92 Å². The first-order valence-corrected chi connectivity index (χ1v) is 8.00. The molecule has 0 aliphatic rings. The number of hydrogen-bond acceptors (Lipinski definition) is 5. The summed E-state index contributed by atoms with van der Waals surface area (Å²) in [5, 5.41) is 4.32. The molecule has 0 aliphatic carbocycles. The van der Waals surface area contributed by atoms with Crippen molar-refractivity contribution in [1.82, 2.24) is 4.98 Å². The minimum absolute atomic E-state index is 0.277. The molecule has 1 atom stereocenters. The Bertz CT molecular complexity index is 672. The van der Waals surface area contributed by atoms with Gasteiger partial charge in [-0.2, -0.15) is 0 Å². The fraction of sp³-hybridized carbons (Fsp3) is 0.368. The van der Waals surface area contributed by atoms with E-state index in [4.69, 9.17) is 14.3 Å². The molecule has 2 rings (SSSR count). The van der Waals surface area contributed by atoms with Crippen molar-refractivity contribution in [3.8, 4) is 11.5 Å². The van der Waals surface area contributed by atoms with Crippen LogP contribution in [0.2, 0.25) is 0 Å². The summed E-state index contributed by atoms with van der Waals surface area (Å²) >= 11 is 0. The standard InChI is InChI=1S/C19H24N2O3/c1-5-24-21-18(12-14(2)15-8-10-20-11-9-15)17-7-6-16(22-3)13-19(17)23-4/h6-11,13-14H,5,12H2,1-4H3. The monoisotopic (exact) mass is 328 g/mol. The van der Waals surface area contributed by atoms with Gasteiger partial charge in [-0.15, -0.1) is 0 Å². The van der Waals surface area contributed by atoms with Gasteiger partial charge in [-0.05, 0) is 42.7 Å². The van der Waals surface area contributed by atoms with Crippen molar-refractivity contribution in [1.29, 1.82) is 0 Å². The molecule has 0 fully saturated rings. The van der Waals surface area contributed by atoms with Gasteiger partial charge in [-0.1, -0.05) is 12.1 Å². The van der Waals surface area contributed by atoms with Gasteiger partial charge in [0, 0.05) is 30.4 Å². The van der Waals surface area contributed by atoms with Crippen LogP contribution in [-0.2, 0) is 4.84 Å². The van der Waals surface area contributed by atoms with Crippen LogP contribution in [0.5, 0.6) is 11.5 Å². The number of ether oxygens (including phenoxy) is 2. The second-order valence-corrected chi connectivity index (χ2v) is 5.41. The molecule has 0 saturated carbocycles. The van der Waals surface area contributed by atoms with E-state index in [1.165, 1.54) is 5.56 Å². The number of aromatic nitrogens is 1. The number of oxime groups is 1. The lowest BCUT2D eigenvalue weighted by Crippen LogP contribution is -2.09. The molecule has 24 heavy (non-hydrogen) atoms. The number of rotatable bonds is 8. The lowest BCUT2D eigenvalue weighted by atomic mass is 9.93. The maximum atomic E-state index is 5.51. The molecule has 2 aromatic rings. The highest BCUT2D eigenvalue weighted by Gasteiger charge is 2.17. The topological polar surface area (TPSA) is 52.9 Å². The fourth-order valence-electron chi connectivity index (χ4n) is 2.48. The van der Waals surface area contributed by atoms with Crippen LogP contribution >= 0.6 is 0 Å². The Morgan fingerprint density at radius 2 is 1.88 bits per heavy atom. The van der Waals surface area contributed by atoms with Gasteiger partial charge in [0.15, 0.2) is 0 Å². The van der Waals surface area contributed by atoms with Gasteiger partial charge in [0.1, 0.15) is 18.1 Å². The minimum atomic E-state index is 0.277. The van der Waals surface area contributed by atoms with Crippen molar-refractivity contribution < 1.29 is 14.3 Å². The van der Waals surface area contributed by atoms with Crippen molar-refractivity contribution in [2.45, 2.75) is 26.2 Å². The Kier molecular flexibility index (Phi) is 6.61. The number of pyridine rings is 1. The van der Waals surface area contributed by atoms with Gasteiger partial charge >= 0.3 is 0 Å². The van der Waals surface area contributed by atoms with E-state index in [2.05, 4.69) is 17.1 Å². The quantitative estimate of drug-likeness (QED) is 0.542. The molecular formula is C19H24N2O3. The normalized spacial score (nSPS) is 12.6. The SMILES string of the molecule is CCON=C(CC(C)c1ccncc1)c1ccc(OC)cc1OC. The van der Waals surface area contributed by atoms with Gasteiger partial charge in [-0.25, -0.2) is 0 Å². The summed E-state index contributed by atoms with van der Waals surface area (Å²) in [7, 11) is 3.28.